The molecule has 112 valence electrons. The van der Waals surface area contributed by atoms with Crippen LogP contribution in [0.5, 0.6) is 5.75 Å². The van der Waals surface area contributed by atoms with E-state index in [4.69, 9.17) is 20.2 Å². The highest BCUT2D eigenvalue weighted by molar-refractivity contribution is 8.13. The zero-order chi connectivity index (χ0) is 14.8. The van der Waals surface area contributed by atoms with Crippen LogP contribution in [-0.2, 0) is 13.8 Å². The van der Waals surface area contributed by atoms with Crippen molar-refractivity contribution in [3.63, 3.8) is 0 Å². The second kappa shape index (κ2) is 6.30. The monoisotopic (exact) mass is 319 g/mol. The summed E-state index contributed by atoms with van der Waals surface area (Å²) in [5.74, 6) is 0.266. The molecule has 1 unspecified atom stereocenters. The van der Waals surface area contributed by atoms with Gasteiger partial charge >= 0.3 is 0 Å². The van der Waals surface area contributed by atoms with Crippen molar-refractivity contribution in [3.05, 3.63) is 23.8 Å². The van der Waals surface area contributed by atoms with E-state index in [0.717, 1.165) is 18.7 Å². The molecular formula is C13H18ClNO4S. The van der Waals surface area contributed by atoms with Gasteiger partial charge in [0.25, 0.3) is 9.05 Å². The summed E-state index contributed by atoms with van der Waals surface area (Å²) in [6.45, 7) is 4.40. The fourth-order valence-corrected chi connectivity index (χ4v) is 3.13. The minimum absolute atomic E-state index is 0.00308. The lowest BCUT2D eigenvalue weighted by Gasteiger charge is -2.30. The number of rotatable bonds is 4. The van der Waals surface area contributed by atoms with E-state index >= 15 is 0 Å². The second-order valence-electron chi connectivity index (χ2n) is 4.95. The standard InChI is InChI=1S/C13H18ClNO4S/c1-10-3-4-12(13(7-10)20(14,16)17)19-9-11-8-15(2)5-6-18-11/h3-4,7,11H,5-6,8-9H2,1-2H3. The SMILES string of the molecule is Cc1ccc(OCC2CN(C)CCO2)c(S(=O)(=O)Cl)c1. The number of ether oxygens (including phenoxy) is 2. The normalized spacial score (nSPS) is 20.9. The molecule has 0 spiro atoms. The summed E-state index contributed by atoms with van der Waals surface area (Å²) in [7, 11) is 3.62. The molecule has 1 saturated heterocycles. The van der Waals surface area contributed by atoms with Gasteiger partial charge in [-0.25, -0.2) is 8.42 Å². The maximum absolute atomic E-state index is 11.6. The summed E-state index contributed by atoms with van der Waals surface area (Å²) in [5, 5.41) is 0. The van der Waals surface area contributed by atoms with Crippen LogP contribution in [0, 0.1) is 6.92 Å². The molecule has 7 heteroatoms. The van der Waals surface area contributed by atoms with E-state index < -0.39 is 9.05 Å². The van der Waals surface area contributed by atoms with Crippen molar-refractivity contribution in [2.45, 2.75) is 17.9 Å². The molecule has 1 aliphatic heterocycles. The van der Waals surface area contributed by atoms with Gasteiger partial charge in [0, 0.05) is 23.8 Å². The van der Waals surface area contributed by atoms with E-state index in [1.807, 2.05) is 7.05 Å². The largest absolute Gasteiger partial charge is 0.489 e. The van der Waals surface area contributed by atoms with Crippen molar-refractivity contribution in [1.29, 1.82) is 0 Å². The molecule has 1 atom stereocenters. The topological polar surface area (TPSA) is 55.8 Å². The molecule has 2 rings (SSSR count). The van der Waals surface area contributed by atoms with Crippen molar-refractivity contribution >= 4 is 19.7 Å². The van der Waals surface area contributed by atoms with Gasteiger partial charge in [-0.2, -0.15) is 0 Å². The Balaban J connectivity index is 2.09. The first-order chi connectivity index (χ1) is 9.36. The summed E-state index contributed by atoms with van der Waals surface area (Å²) in [5.41, 5.74) is 0.810. The Kier molecular flexibility index (Phi) is 4.90. The van der Waals surface area contributed by atoms with Crippen LogP contribution in [0.15, 0.2) is 23.1 Å². The maximum atomic E-state index is 11.6. The summed E-state index contributed by atoms with van der Waals surface area (Å²) < 4.78 is 34.3. The van der Waals surface area contributed by atoms with Crippen LogP contribution in [-0.4, -0.2) is 52.8 Å². The average Bonchev–Trinajstić information content (AvgIpc) is 2.36. The molecule has 0 radical (unpaired) electrons. The van der Waals surface area contributed by atoms with Gasteiger partial charge in [0.15, 0.2) is 0 Å². The highest BCUT2D eigenvalue weighted by atomic mass is 35.7. The minimum atomic E-state index is -3.82. The van der Waals surface area contributed by atoms with Gasteiger partial charge in [-0.3, -0.25) is 0 Å². The Morgan fingerprint density at radius 2 is 2.25 bits per heavy atom. The van der Waals surface area contributed by atoms with Gasteiger partial charge in [-0.05, 0) is 31.7 Å². The molecule has 1 aliphatic rings. The van der Waals surface area contributed by atoms with Gasteiger partial charge in [0.2, 0.25) is 0 Å². The predicted octanol–water partition coefficient (Wildman–Crippen LogP) is 1.63. The Morgan fingerprint density at radius 1 is 1.50 bits per heavy atom. The van der Waals surface area contributed by atoms with Crippen LogP contribution in [0.25, 0.3) is 0 Å². The van der Waals surface area contributed by atoms with Gasteiger partial charge in [-0.1, -0.05) is 6.07 Å². The van der Waals surface area contributed by atoms with E-state index in [0.29, 0.717) is 13.2 Å². The van der Waals surface area contributed by atoms with E-state index in [9.17, 15) is 8.42 Å². The number of hydrogen-bond donors (Lipinski definition) is 0. The molecule has 0 amide bonds. The number of benzene rings is 1. The number of hydrogen-bond acceptors (Lipinski definition) is 5. The Morgan fingerprint density at radius 3 is 2.90 bits per heavy atom. The molecule has 0 saturated carbocycles. The molecule has 0 aromatic heterocycles. The van der Waals surface area contributed by atoms with Crippen LogP contribution in [0.4, 0.5) is 0 Å². The molecule has 1 aromatic carbocycles. The third-order valence-electron chi connectivity index (χ3n) is 3.13. The number of morpholine rings is 1. The lowest BCUT2D eigenvalue weighted by atomic mass is 10.2. The van der Waals surface area contributed by atoms with E-state index in [1.54, 1.807) is 19.1 Å². The van der Waals surface area contributed by atoms with Crippen molar-refractivity contribution in [1.82, 2.24) is 4.90 Å². The number of aryl methyl sites for hydroxylation is 1. The lowest BCUT2D eigenvalue weighted by molar-refractivity contribution is -0.0407. The van der Waals surface area contributed by atoms with Crippen molar-refractivity contribution in [2.24, 2.45) is 0 Å². The smallest absolute Gasteiger partial charge is 0.264 e. The third-order valence-corrected chi connectivity index (χ3v) is 4.47. The molecule has 1 fully saturated rings. The number of nitrogens with zero attached hydrogens (tertiary/aromatic N) is 1. The van der Waals surface area contributed by atoms with Gasteiger partial charge in [-0.15, -0.1) is 0 Å². The zero-order valence-corrected chi connectivity index (χ0v) is 13.1. The molecule has 0 aliphatic carbocycles. The molecule has 1 aromatic rings. The van der Waals surface area contributed by atoms with E-state index in [1.165, 1.54) is 6.07 Å². The van der Waals surface area contributed by atoms with Gasteiger partial charge in [0.05, 0.1) is 6.61 Å². The average molecular weight is 320 g/mol. The first-order valence-electron chi connectivity index (χ1n) is 6.34. The van der Waals surface area contributed by atoms with Crippen molar-refractivity contribution in [3.8, 4) is 5.75 Å². The van der Waals surface area contributed by atoms with E-state index in [2.05, 4.69) is 4.90 Å². The summed E-state index contributed by atoms with van der Waals surface area (Å²) in [6.07, 6.45) is -0.0686. The predicted molar refractivity (Wildman–Crippen MR) is 76.9 cm³/mol. The van der Waals surface area contributed by atoms with Crippen LogP contribution >= 0.6 is 10.7 Å². The highest BCUT2D eigenvalue weighted by Crippen LogP contribution is 2.28. The molecule has 1 heterocycles. The Hall–Kier alpha value is -0.820. The first kappa shape index (κ1) is 15.6. The zero-order valence-electron chi connectivity index (χ0n) is 11.5. The van der Waals surface area contributed by atoms with Crippen molar-refractivity contribution in [2.75, 3.05) is 33.4 Å². The van der Waals surface area contributed by atoms with Gasteiger partial charge < -0.3 is 14.4 Å². The second-order valence-corrected chi connectivity index (χ2v) is 7.49. The summed E-state index contributed by atoms with van der Waals surface area (Å²) in [6, 6.07) is 4.91. The van der Waals surface area contributed by atoms with Crippen LogP contribution < -0.4 is 4.74 Å². The van der Waals surface area contributed by atoms with Crippen LogP contribution in [0.2, 0.25) is 0 Å². The Bertz CT molecular complexity index is 576. The molecular weight excluding hydrogens is 302 g/mol. The van der Waals surface area contributed by atoms with Crippen LogP contribution in [0.1, 0.15) is 5.56 Å². The fraction of sp³-hybridized carbons (Fsp3) is 0.538. The Labute approximate surface area is 123 Å². The number of halogens is 1. The quantitative estimate of drug-likeness (QED) is 0.790. The fourth-order valence-electron chi connectivity index (χ4n) is 2.08. The van der Waals surface area contributed by atoms with E-state index in [-0.39, 0.29) is 16.7 Å². The molecule has 0 bridgehead atoms. The molecule has 0 N–H and O–H groups in total. The highest BCUT2D eigenvalue weighted by Gasteiger charge is 2.21. The lowest BCUT2D eigenvalue weighted by Crippen LogP contribution is -2.42. The van der Waals surface area contributed by atoms with Crippen LogP contribution in [0.3, 0.4) is 0 Å². The third kappa shape index (κ3) is 4.09. The molecule has 5 nitrogen and oxygen atoms in total. The number of likely N-dealkylation sites (N-methyl/N-ethyl adjacent to an activating group) is 1. The maximum Gasteiger partial charge on any atom is 0.264 e. The summed E-state index contributed by atoms with van der Waals surface area (Å²) >= 11 is 0. The minimum Gasteiger partial charge on any atom is -0.489 e. The van der Waals surface area contributed by atoms with Gasteiger partial charge in [0.1, 0.15) is 23.4 Å². The first-order valence-corrected chi connectivity index (χ1v) is 8.65. The molecule has 20 heavy (non-hydrogen) atoms. The van der Waals surface area contributed by atoms with Crippen molar-refractivity contribution < 1.29 is 17.9 Å². The summed E-state index contributed by atoms with van der Waals surface area (Å²) in [4.78, 5) is 2.15.